The number of carbonyl (C=O) groups excluding carboxylic acids is 1. The molecule has 1 aromatic rings. The first-order chi connectivity index (χ1) is 9.82. The molecule has 4 nitrogen and oxygen atoms in total. The van der Waals surface area contributed by atoms with E-state index in [9.17, 15) is 18.0 Å². The lowest BCUT2D eigenvalue weighted by molar-refractivity contribution is -0.137. The number of rotatable bonds is 2. The number of nitrogens with zero attached hydrogens (tertiary/aromatic N) is 2. The number of carbonyl (C=O) groups is 1. The lowest BCUT2D eigenvalue weighted by Crippen LogP contribution is -2.38. The maximum absolute atomic E-state index is 12.9. The Labute approximate surface area is 119 Å². The normalized spacial score (nSPS) is 16.6. The molecular formula is C14H14F3N3O. The van der Waals surface area contributed by atoms with Gasteiger partial charge in [-0.25, -0.2) is 0 Å². The fourth-order valence-electron chi connectivity index (χ4n) is 2.48. The van der Waals surface area contributed by atoms with Crippen molar-refractivity contribution in [2.24, 2.45) is 11.7 Å². The third kappa shape index (κ3) is 3.27. The molecule has 1 aliphatic rings. The molecule has 0 radical (unpaired) electrons. The molecule has 1 saturated heterocycles. The fraction of sp³-hybridized carbons (Fsp3) is 0.429. The summed E-state index contributed by atoms with van der Waals surface area (Å²) in [7, 11) is 0. The van der Waals surface area contributed by atoms with Gasteiger partial charge in [-0.3, -0.25) is 4.79 Å². The summed E-state index contributed by atoms with van der Waals surface area (Å²) in [5.74, 6) is -0.591. The highest BCUT2D eigenvalue weighted by Gasteiger charge is 2.34. The van der Waals surface area contributed by atoms with Gasteiger partial charge in [0.05, 0.1) is 17.2 Å². The number of alkyl halides is 3. The number of nitriles is 1. The fourth-order valence-corrected chi connectivity index (χ4v) is 2.48. The van der Waals surface area contributed by atoms with Gasteiger partial charge in [-0.15, -0.1) is 0 Å². The van der Waals surface area contributed by atoms with Crippen molar-refractivity contribution in [2.45, 2.75) is 19.0 Å². The van der Waals surface area contributed by atoms with E-state index in [4.69, 9.17) is 11.0 Å². The Morgan fingerprint density at radius 1 is 1.33 bits per heavy atom. The van der Waals surface area contributed by atoms with Crippen molar-refractivity contribution in [2.75, 3.05) is 18.0 Å². The Morgan fingerprint density at radius 3 is 2.43 bits per heavy atom. The third-order valence-electron chi connectivity index (χ3n) is 3.69. The minimum Gasteiger partial charge on any atom is -0.371 e. The number of piperidine rings is 1. The van der Waals surface area contributed by atoms with E-state index in [1.54, 1.807) is 11.0 Å². The van der Waals surface area contributed by atoms with Crippen LogP contribution in [0.2, 0.25) is 0 Å². The molecule has 0 aromatic heterocycles. The molecule has 21 heavy (non-hydrogen) atoms. The Bertz CT molecular complexity index is 584. The maximum Gasteiger partial charge on any atom is 0.417 e. The van der Waals surface area contributed by atoms with Crippen LogP contribution in [-0.2, 0) is 11.0 Å². The van der Waals surface area contributed by atoms with E-state index in [0.29, 0.717) is 31.6 Å². The van der Waals surface area contributed by atoms with Crippen LogP contribution in [0.25, 0.3) is 0 Å². The molecule has 112 valence electrons. The van der Waals surface area contributed by atoms with Crippen LogP contribution >= 0.6 is 0 Å². The summed E-state index contributed by atoms with van der Waals surface area (Å²) in [6, 6.07) is 5.22. The van der Waals surface area contributed by atoms with Gasteiger partial charge in [-0.05, 0) is 31.0 Å². The van der Waals surface area contributed by atoms with Crippen LogP contribution in [0.15, 0.2) is 18.2 Å². The average molecular weight is 297 g/mol. The van der Waals surface area contributed by atoms with Crippen molar-refractivity contribution in [3.05, 3.63) is 29.3 Å². The smallest absolute Gasteiger partial charge is 0.371 e. The standard InChI is InChI=1S/C14H14F3N3O/c15-14(16,17)12-7-11(2-1-10(12)8-18)20-5-3-9(4-6-20)13(19)21/h1-2,7,9H,3-6H2,(H2,19,21). The van der Waals surface area contributed by atoms with E-state index in [-0.39, 0.29) is 11.8 Å². The van der Waals surface area contributed by atoms with Crippen molar-refractivity contribution in [1.29, 1.82) is 5.26 Å². The first-order valence-corrected chi connectivity index (χ1v) is 6.48. The lowest BCUT2D eigenvalue weighted by Gasteiger charge is -2.32. The summed E-state index contributed by atoms with van der Waals surface area (Å²) in [6.07, 6.45) is -3.51. The zero-order chi connectivity index (χ0) is 15.6. The summed E-state index contributed by atoms with van der Waals surface area (Å²) in [4.78, 5) is 12.9. The number of anilines is 1. The lowest BCUT2D eigenvalue weighted by atomic mass is 9.95. The van der Waals surface area contributed by atoms with Crippen LogP contribution in [0.5, 0.6) is 0 Å². The third-order valence-corrected chi connectivity index (χ3v) is 3.69. The first kappa shape index (κ1) is 15.2. The monoisotopic (exact) mass is 297 g/mol. The van der Waals surface area contributed by atoms with Crippen molar-refractivity contribution in [1.82, 2.24) is 0 Å². The minimum absolute atomic E-state index is 0.221. The van der Waals surface area contributed by atoms with E-state index in [2.05, 4.69) is 0 Å². The van der Waals surface area contributed by atoms with E-state index in [0.717, 1.165) is 6.07 Å². The summed E-state index contributed by atoms with van der Waals surface area (Å²) in [6.45, 7) is 0.938. The zero-order valence-electron chi connectivity index (χ0n) is 11.2. The van der Waals surface area contributed by atoms with Crippen molar-refractivity contribution < 1.29 is 18.0 Å². The van der Waals surface area contributed by atoms with Crippen molar-refractivity contribution >= 4 is 11.6 Å². The van der Waals surface area contributed by atoms with E-state index < -0.39 is 17.3 Å². The number of hydrogen-bond donors (Lipinski definition) is 1. The average Bonchev–Trinajstić information content (AvgIpc) is 2.45. The Morgan fingerprint density at radius 2 is 1.95 bits per heavy atom. The highest BCUT2D eigenvalue weighted by Crippen LogP contribution is 2.35. The predicted octanol–water partition coefficient (Wildman–Crippen LogP) is 2.28. The van der Waals surface area contributed by atoms with E-state index in [1.165, 1.54) is 12.1 Å². The highest BCUT2D eigenvalue weighted by molar-refractivity contribution is 5.77. The molecule has 0 atom stereocenters. The van der Waals surface area contributed by atoms with Crippen molar-refractivity contribution in [3.63, 3.8) is 0 Å². The molecule has 0 aliphatic carbocycles. The molecule has 1 aliphatic heterocycles. The molecule has 0 unspecified atom stereocenters. The maximum atomic E-state index is 12.9. The molecular weight excluding hydrogens is 283 g/mol. The summed E-state index contributed by atoms with van der Waals surface area (Å²) in [5.41, 5.74) is 4.31. The number of primary amides is 1. The van der Waals surface area contributed by atoms with Crippen LogP contribution < -0.4 is 10.6 Å². The molecule has 2 rings (SSSR count). The highest BCUT2D eigenvalue weighted by atomic mass is 19.4. The molecule has 1 aromatic carbocycles. The molecule has 7 heteroatoms. The number of hydrogen-bond acceptors (Lipinski definition) is 3. The van der Waals surface area contributed by atoms with Crippen LogP contribution in [-0.4, -0.2) is 19.0 Å². The number of halogens is 3. The molecule has 1 fully saturated rings. The van der Waals surface area contributed by atoms with Gasteiger partial charge in [0.15, 0.2) is 0 Å². The molecule has 1 amide bonds. The number of nitrogens with two attached hydrogens (primary N) is 1. The van der Waals surface area contributed by atoms with E-state index in [1.807, 2.05) is 0 Å². The van der Waals surface area contributed by atoms with Gasteiger partial charge in [-0.2, -0.15) is 18.4 Å². The van der Waals surface area contributed by atoms with Gasteiger partial charge >= 0.3 is 6.18 Å². The SMILES string of the molecule is N#Cc1ccc(N2CCC(C(N)=O)CC2)cc1C(F)(F)F. The predicted molar refractivity (Wildman–Crippen MR) is 70.3 cm³/mol. The van der Waals surface area contributed by atoms with Crippen LogP contribution in [0.4, 0.5) is 18.9 Å². The van der Waals surface area contributed by atoms with Gasteiger partial charge < -0.3 is 10.6 Å². The Hall–Kier alpha value is -2.23. The van der Waals surface area contributed by atoms with Gasteiger partial charge in [0.25, 0.3) is 0 Å². The Balaban J connectivity index is 2.23. The second kappa shape index (κ2) is 5.64. The second-order valence-corrected chi connectivity index (χ2v) is 5.00. The van der Waals surface area contributed by atoms with Crippen molar-refractivity contribution in [3.8, 4) is 6.07 Å². The molecule has 0 saturated carbocycles. The van der Waals surface area contributed by atoms with Crippen LogP contribution in [0, 0.1) is 17.2 Å². The molecule has 0 spiro atoms. The molecule has 0 bridgehead atoms. The number of amides is 1. The summed E-state index contributed by atoms with van der Waals surface area (Å²) >= 11 is 0. The molecule has 1 heterocycles. The van der Waals surface area contributed by atoms with Gasteiger partial charge in [0, 0.05) is 24.7 Å². The topological polar surface area (TPSA) is 70.1 Å². The largest absolute Gasteiger partial charge is 0.417 e. The Kier molecular flexibility index (Phi) is 4.07. The minimum atomic E-state index is -4.56. The second-order valence-electron chi connectivity index (χ2n) is 5.00. The first-order valence-electron chi connectivity index (χ1n) is 6.48. The summed E-state index contributed by atoms with van der Waals surface area (Å²) in [5, 5.41) is 8.76. The number of benzene rings is 1. The van der Waals surface area contributed by atoms with Gasteiger partial charge in [0.2, 0.25) is 5.91 Å². The van der Waals surface area contributed by atoms with Crippen LogP contribution in [0.3, 0.4) is 0 Å². The zero-order valence-corrected chi connectivity index (χ0v) is 11.2. The quantitative estimate of drug-likeness (QED) is 0.910. The van der Waals surface area contributed by atoms with Gasteiger partial charge in [-0.1, -0.05) is 0 Å². The van der Waals surface area contributed by atoms with Gasteiger partial charge in [0.1, 0.15) is 0 Å². The molecule has 2 N–H and O–H groups in total. The van der Waals surface area contributed by atoms with Crippen LogP contribution in [0.1, 0.15) is 24.0 Å². The van der Waals surface area contributed by atoms with E-state index >= 15 is 0 Å². The summed E-state index contributed by atoms with van der Waals surface area (Å²) < 4.78 is 38.8.